The molecule has 4 nitrogen and oxygen atoms in total. The van der Waals surface area contributed by atoms with Crippen molar-refractivity contribution in [3.05, 3.63) is 22.4 Å². The van der Waals surface area contributed by atoms with Gasteiger partial charge in [-0.1, -0.05) is 19.9 Å². The van der Waals surface area contributed by atoms with Gasteiger partial charge in [0.25, 0.3) is 0 Å². The molecule has 1 saturated heterocycles. The summed E-state index contributed by atoms with van der Waals surface area (Å²) in [5, 5.41) is 5.74. The fourth-order valence-corrected chi connectivity index (χ4v) is 3.42. The monoisotopic (exact) mass is 324 g/mol. The molecule has 0 radical (unpaired) electrons. The van der Waals surface area contributed by atoms with Crippen molar-refractivity contribution in [2.45, 2.75) is 58.1 Å². The predicted octanol–water partition coefficient (Wildman–Crippen LogP) is 3.62. The van der Waals surface area contributed by atoms with E-state index in [1.165, 1.54) is 4.88 Å². The molecule has 5 heteroatoms. The van der Waals surface area contributed by atoms with Crippen molar-refractivity contribution in [2.75, 3.05) is 19.6 Å². The Balaban J connectivity index is 1.80. The minimum absolute atomic E-state index is 0.119. The van der Waals surface area contributed by atoms with Gasteiger partial charge in [-0.25, -0.2) is 4.79 Å². The number of nitrogens with zero attached hydrogens (tertiary/aromatic N) is 1. The third-order valence-electron chi connectivity index (χ3n) is 3.86. The van der Waals surface area contributed by atoms with E-state index in [2.05, 4.69) is 36.7 Å². The maximum absolute atomic E-state index is 12.1. The van der Waals surface area contributed by atoms with Crippen LogP contribution in [0, 0.1) is 0 Å². The molecular formula is C17H28N2O2S. The van der Waals surface area contributed by atoms with E-state index in [1.54, 1.807) is 16.2 Å². The van der Waals surface area contributed by atoms with Crippen LogP contribution in [0.4, 0.5) is 4.79 Å². The molecule has 2 rings (SSSR count). The van der Waals surface area contributed by atoms with Gasteiger partial charge < -0.3 is 15.0 Å². The van der Waals surface area contributed by atoms with Crippen molar-refractivity contribution in [3.8, 4) is 0 Å². The molecule has 22 heavy (non-hydrogen) atoms. The molecule has 2 heterocycles. The van der Waals surface area contributed by atoms with E-state index < -0.39 is 5.60 Å². The van der Waals surface area contributed by atoms with Crippen LogP contribution in [0.3, 0.4) is 0 Å². The highest BCUT2D eigenvalue weighted by Gasteiger charge is 2.31. The summed E-state index contributed by atoms with van der Waals surface area (Å²) in [6.45, 7) is 12.6. The van der Waals surface area contributed by atoms with Crippen molar-refractivity contribution < 1.29 is 9.53 Å². The summed E-state index contributed by atoms with van der Waals surface area (Å²) in [5.41, 5.74) is -0.308. The van der Waals surface area contributed by atoms with E-state index in [0.29, 0.717) is 6.04 Å². The fraction of sp³-hybridized carbons (Fsp3) is 0.706. The summed E-state index contributed by atoms with van der Waals surface area (Å²) in [4.78, 5) is 15.3. The van der Waals surface area contributed by atoms with Gasteiger partial charge in [0.15, 0.2) is 0 Å². The van der Waals surface area contributed by atoms with Crippen LogP contribution < -0.4 is 5.32 Å². The third kappa shape index (κ3) is 4.71. The van der Waals surface area contributed by atoms with E-state index in [9.17, 15) is 4.79 Å². The minimum atomic E-state index is -0.427. The van der Waals surface area contributed by atoms with E-state index in [4.69, 9.17) is 4.74 Å². The Morgan fingerprint density at radius 2 is 2.14 bits per heavy atom. The number of amides is 1. The highest BCUT2D eigenvalue weighted by atomic mass is 32.1. The molecule has 1 amide bonds. The van der Waals surface area contributed by atoms with Gasteiger partial charge in [0.2, 0.25) is 0 Å². The Kier molecular flexibility index (Phi) is 5.17. The van der Waals surface area contributed by atoms with Crippen LogP contribution in [0.1, 0.15) is 45.9 Å². The smallest absolute Gasteiger partial charge is 0.410 e. The summed E-state index contributed by atoms with van der Waals surface area (Å²) in [6.07, 6.45) is 0.786. The normalized spacial score (nSPS) is 19.5. The molecule has 1 aliphatic rings. The van der Waals surface area contributed by atoms with Gasteiger partial charge in [0.05, 0.1) is 0 Å². The zero-order valence-electron chi connectivity index (χ0n) is 14.3. The Labute approximate surface area is 137 Å². The number of hydrogen-bond acceptors (Lipinski definition) is 4. The van der Waals surface area contributed by atoms with Gasteiger partial charge in [-0.2, -0.15) is 0 Å². The average Bonchev–Trinajstić information content (AvgIpc) is 3.06. The number of thiophene rings is 1. The summed E-state index contributed by atoms with van der Waals surface area (Å²) in [5.74, 6) is 0. The maximum atomic E-state index is 12.1. The summed E-state index contributed by atoms with van der Waals surface area (Å²) >= 11 is 1.80. The quantitative estimate of drug-likeness (QED) is 0.919. The lowest BCUT2D eigenvalue weighted by Gasteiger charge is -2.27. The number of hydrogen-bond donors (Lipinski definition) is 1. The van der Waals surface area contributed by atoms with Crippen molar-refractivity contribution in [2.24, 2.45) is 0 Å². The molecule has 1 atom stereocenters. The lowest BCUT2D eigenvalue weighted by molar-refractivity contribution is 0.0291. The second-order valence-corrected chi connectivity index (χ2v) is 8.60. The molecule has 124 valence electrons. The second-order valence-electron chi connectivity index (χ2n) is 7.65. The summed E-state index contributed by atoms with van der Waals surface area (Å²) < 4.78 is 5.44. The standard InChI is InChI=1S/C17H28N2O2S/c1-16(2,3)21-15(20)19-9-8-13(11-19)18-12-17(4,5)14-7-6-10-22-14/h6-7,10,13,18H,8-9,11-12H2,1-5H3. The number of likely N-dealkylation sites (tertiary alicyclic amines) is 1. The zero-order valence-corrected chi connectivity index (χ0v) is 15.1. The van der Waals surface area contributed by atoms with Gasteiger partial charge in [-0.05, 0) is 38.6 Å². The lowest BCUT2D eigenvalue weighted by atomic mass is 9.91. The largest absolute Gasteiger partial charge is 0.444 e. The molecule has 1 aromatic rings. The van der Waals surface area contributed by atoms with Crippen LogP contribution >= 0.6 is 11.3 Å². The van der Waals surface area contributed by atoms with E-state index >= 15 is 0 Å². The van der Waals surface area contributed by atoms with Crippen LogP contribution in [0.25, 0.3) is 0 Å². The molecule has 1 aliphatic heterocycles. The summed E-state index contributed by atoms with van der Waals surface area (Å²) in [6, 6.07) is 4.64. The molecule has 0 bridgehead atoms. The lowest BCUT2D eigenvalue weighted by Crippen LogP contribution is -2.42. The van der Waals surface area contributed by atoms with E-state index in [-0.39, 0.29) is 11.5 Å². The molecule has 0 spiro atoms. The van der Waals surface area contributed by atoms with Crippen molar-refractivity contribution in [1.82, 2.24) is 10.2 Å². The first kappa shape index (κ1) is 17.3. The fourth-order valence-electron chi connectivity index (χ4n) is 2.57. The van der Waals surface area contributed by atoms with Gasteiger partial charge in [-0.3, -0.25) is 0 Å². The van der Waals surface area contributed by atoms with Crippen molar-refractivity contribution >= 4 is 17.4 Å². The van der Waals surface area contributed by atoms with Gasteiger partial charge >= 0.3 is 6.09 Å². The van der Waals surface area contributed by atoms with Crippen LogP contribution in [-0.2, 0) is 10.2 Å². The Morgan fingerprint density at radius 1 is 1.41 bits per heavy atom. The molecule has 1 aromatic heterocycles. The van der Waals surface area contributed by atoms with Crippen LogP contribution in [0.2, 0.25) is 0 Å². The molecule has 1 unspecified atom stereocenters. The van der Waals surface area contributed by atoms with E-state index in [0.717, 1.165) is 26.1 Å². The first-order chi connectivity index (χ1) is 10.2. The van der Waals surface area contributed by atoms with Crippen molar-refractivity contribution in [1.29, 1.82) is 0 Å². The van der Waals surface area contributed by atoms with E-state index in [1.807, 2.05) is 20.8 Å². The molecule has 0 saturated carbocycles. The Bertz CT molecular complexity index is 491. The highest BCUT2D eigenvalue weighted by Crippen LogP contribution is 2.27. The number of ether oxygens (including phenoxy) is 1. The predicted molar refractivity (Wildman–Crippen MR) is 91.6 cm³/mol. The molecule has 1 fully saturated rings. The number of carbonyl (C=O) groups is 1. The Hall–Kier alpha value is -1.07. The first-order valence-corrected chi connectivity index (χ1v) is 8.81. The molecule has 0 aliphatic carbocycles. The average molecular weight is 324 g/mol. The topological polar surface area (TPSA) is 41.6 Å². The number of carbonyl (C=O) groups excluding carboxylic acids is 1. The summed E-state index contributed by atoms with van der Waals surface area (Å²) in [7, 11) is 0. The number of nitrogens with one attached hydrogen (secondary N) is 1. The van der Waals surface area contributed by atoms with Crippen molar-refractivity contribution in [3.63, 3.8) is 0 Å². The third-order valence-corrected chi connectivity index (χ3v) is 5.10. The first-order valence-electron chi connectivity index (χ1n) is 7.93. The van der Waals surface area contributed by atoms with Crippen LogP contribution in [-0.4, -0.2) is 42.3 Å². The number of rotatable bonds is 4. The second kappa shape index (κ2) is 6.59. The van der Waals surface area contributed by atoms with Crippen LogP contribution in [0.15, 0.2) is 17.5 Å². The molecular weight excluding hydrogens is 296 g/mol. The molecule has 0 aromatic carbocycles. The maximum Gasteiger partial charge on any atom is 0.410 e. The van der Waals surface area contributed by atoms with Gasteiger partial charge in [-0.15, -0.1) is 11.3 Å². The minimum Gasteiger partial charge on any atom is -0.444 e. The van der Waals surface area contributed by atoms with Crippen LogP contribution in [0.5, 0.6) is 0 Å². The SMILES string of the molecule is CC(C)(C)OC(=O)N1CCC(NCC(C)(C)c2cccs2)C1. The highest BCUT2D eigenvalue weighted by molar-refractivity contribution is 7.10. The molecule has 1 N–H and O–H groups in total. The Morgan fingerprint density at radius 3 is 2.73 bits per heavy atom. The van der Waals surface area contributed by atoms with Gasteiger partial charge in [0, 0.05) is 36.0 Å². The zero-order chi connectivity index (χ0) is 16.4. The van der Waals surface area contributed by atoms with Gasteiger partial charge in [0.1, 0.15) is 5.60 Å².